The highest BCUT2D eigenvalue weighted by Crippen LogP contribution is 2.11. The first kappa shape index (κ1) is 19.0. The summed E-state index contributed by atoms with van der Waals surface area (Å²) < 4.78 is 3.83. The van der Waals surface area contributed by atoms with E-state index in [0.29, 0.717) is 12.5 Å². The number of unbranched alkanes of at least 4 members (excludes halogenated alkanes) is 1. The Kier molecular flexibility index (Phi) is 6.17. The Hall–Kier alpha value is -2.38. The maximum Gasteiger partial charge on any atom is 0.332 e. The van der Waals surface area contributed by atoms with Crippen LogP contribution in [0.3, 0.4) is 0 Å². The molecule has 0 spiro atoms. The average Bonchev–Trinajstić information content (AvgIpc) is 3.02. The van der Waals surface area contributed by atoms with Crippen LogP contribution >= 0.6 is 0 Å². The van der Waals surface area contributed by atoms with Gasteiger partial charge in [-0.3, -0.25) is 18.7 Å². The smallest absolute Gasteiger partial charge is 0.332 e. The Morgan fingerprint density at radius 1 is 1.24 bits per heavy atom. The number of nitrogens with one attached hydrogen (secondary N) is 1. The molecule has 0 fully saturated rings. The van der Waals surface area contributed by atoms with E-state index in [1.54, 1.807) is 7.05 Å². The van der Waals surface area contributed by atoms with Crippen molar-refractivity contribution >= 4 is 17.1 Å². The lowest BCUT2D eigenvalue weighted by Crippen LogP contribution is -2.38. The van der Waals surface area contributed by atoms with Crippen LogP contribution in [-0.2, 0) is 25.4 Å². The number of imidazole rings is 1. The highest BCUT2D eigenvalue weighted by molar-refractivity contribution is 5.78. The minimum atomic E-state index is -0.446. The molecule has 1 unspecified atom stereocenters. The zero-order valence-electron chi connectivity index (χ0n) is 15.4. The summed E-state index contributed by atoms with van der Waals surface area (Å²) in [5, 5.41) is 2.94. The lowest BCUT2D eigenvalue weighted by molar-refractivity contribution is -0.121. The maximum atomic E-state index is 12.4. The van der Waals surface area contributed by atoms with E-state index in [0.717, 1.165) is 30.3 Å². The Bertz CT molecular complexity index is 862. The third kappa shape index (κ3) is 4.00. The van der Waals surface area contributed by atoms with E-state index in [1.165, 1.54) is 22.5 Å². The zero-order chi connectivity index (χ0) is 18.6. The van der Waals surface area contributed by atoms with Gasteiger partial charge in [-0.05, 0) is 12.3 Å². The van der Waals surface area contributed by atoms with Gasteiger partial charge in [-0.25, -0.2) is 9.78 Å². The second-order valence-corrected chi connectivity index (χ2v) is 6.47. The summed E-state index contributed by atoms with van der Waals surface area (Å²) in [7, 11) is 2.97. The van der Waals surface area contributed by atoms with Gasteiger partial charge in [-0.15, -0.1) is 0 Å². The molecular formula is C17H27N5O3. The highest BCUT2D eigenvalue weighted by atomic mass is 16.2. The molecule has 0 aromatic carbocycles. The number of rotatable bonds is 8. The van der Waals surface area contributed by atoms with Crippen molar-refractivity contribution < 1.29 is 4.79 Å². The molecule has 0 aliphatic carbocycles. The normalized spacial score (nSPS) is 12.5. The van der Waals surface area contributed by atoms with Gasteiger partial charge in [-0.2, -0.15) is 0 Å². The van der Waals surface area contributed by atoms with Crippen LogP contribution in [0.4, 0.5) is 0 Å². The molecule has 1 N–H and O–H groups in total. The van der Waals surface area contributed by atoms with Gasteiger partial charge in [0.25, 0.3) is 5.56 Å². The van der Waals surface area contributed by atoms with E-state index in [4.69, 9.17) is 0 Å². The summed E-state index contributed by atoms with van der Waals surface area (Å²) >= 11 is 0. The topological polar surface area (TPSA) is 90.9 Å². The van der Waals surface area contributed by atoms with Crippen molar-refractivity contribution in [1.82, 2.24) is 24.0 Å². The molecule has 0 saturated carbocycles. The Morgan fingerprint density at radius 2 is 1.96 bits per heavy atom. The number of aromatic nitrogens is 4. The predicted molar refractivity (Wildman–Crippen MR) is 96.5 cm³/mol. The van der Waals surface area contributed by atoms with Crippen molar-refractivity contribution in [3.05, 3.63) is 27.2 Å². The highest BCUT2D eigenvalue weighted by Gasteiger charge is 2.16. The van der Waals surface area contributed by atoms with Crippen LogP contribution in [0.2, 0.25) is 0 Å². The first-order chi connectivity index (χ1) is 11.9. The Labute approximate surface area is 146 Å². The van der Waals surface area contributed by atoms with Crippen molar-refractivity contribution in [3.63, 3.8) is 0 Å². The van der Waals surface area contributed by atoms with Gasteiger partial charge >= 0.3 is 5.69 Å². The Balaban J connectivity index is 2.14. The number of carbonyl (C=O) groups excluding carboxylic acids is 1. The predicted octanol–water partition coefficient (Wildman–Crippen LogP) is 0.766. The lowest BCUT2D eigenvalue weighted by atomic mass is 9.99. The third-order valence-electron chi connectivity index (χ3n) is 4.66. The number of hydrogen-bond acceptors (Lipinski definition) is 4. The molecule has 0 bridgehead atoms. The quantitative estimate of drug-likeness (QED) is 0.762. The second-order valence-electron chi connectivity index (χ2n) is 6.47. The average molecular weight is 349 g/mol. The van der Waals surface area contributed by atoms with Crippen molar-refractivity contribution in [2.24, 2.45) is 20.0 Å². The number of fused-ring (bicyclic) bond motifs is 1. The van der Waals surface area contributed by atoms with E-state index < -0.39 is 11.2 Å². The summed E-state index contributed by atoms with van der Waals surface area (Å²) in [5.41, 5.74) is -0.334. The van der Waals surface area contributed by atoms with Gasteiger partial charge in [0.15, 0.2) is 11.2 Å². The fourth-order valence-corrected chi connectivity index (χ4v) is 2.93. The molecule has 1 atom stereocenters. The summed E-state index contributed by atoms with van der Waals surface area (Å²) in [6, 6.07) is 0. The van der Waals surface area contributed by atoms with Crippen LogP contribution < -0.4 is 16.6 Å². The van der Waals surface area contributed by atoms with Gasteiger partial charge in [0.2, 0.25) is 5.91 Å². The summed E-state index contributed by atoms with van der Waals surface area (Å²) in [6.45, 7) is 4.93. The minimum absolute atomic E-state index is 0.00809. The first-order valence-corrected chi connectivity index (χ1v) is 8.78. The number of carbonyl (C=O) groups is 1. The molecule has 2 aromatic rings. The van der Waals surface area contributed by atoms with Crippen LogP contribution in [0.1, 0.15) is 39.5 Å². The minimum Gasteiger partial charge on any atom is -0.354 e. The van der Waals surface area contributed by atoms with Crippen molar-refractivity contribution in [1.29, 1.82) is 0 Å². The van der Waals surface area contributed by atoms with E-state index in [2.05, 4.69) is 24.1 Å². The third-order valence-corrected chi connectivity index (χ3v) is 4.66. The monoisotopic (exact) mass is 349 g/mol. The van der Waals surface area contributed by atoms with Crippen molar-refractivity contribution in [3.8, 4) is 0 Å². The standard InChI is InChI=1S/C17H27N5O3/c1-5-7-8-12(6-2)9-18-13(23)10-22-11-19-15-14(22)16(24)21(4)17(25)20(15)3/h11-12H,5-10H2,1-4H3,(H,18,23). The fraction of sp³-hybridized carbons (Fsp3) is 0.647. The second kappa shape index (κ2) is 8.13. The molecule has 2 rings (SSSR count). The van der Waals surface area contributed by atoms with E-state index in [1.807, 2.05) is 0 Å². The molecule has 0 radical (unpaired) electrons. The van der Waals surface area contributed by atoms with Crippen LogP contribution in [0.25, 0.3) is 11.2 Å². The summed E-state index contributed by atoms with van der Waals surface area (Å²) in [6.07, 6.45) is 5.86. The maximum absolute atomic E-state index is 12.4. The lowest BCUT2D eigenvalue weighted by Gasteiger charge is -2.15. The first-order valence-electron chi connectivity index (χ1n) is 8.78. The van der Waals surface area contributed by atoms with Gasteiger partial charge < -0.3 is 9.88 Å². The number of nitrogens with zero attached hydrogens (tertiary/aromatic N) is 4. The van der Waals surface area contributed by atoms with Crippen LogP contribution in [-0.4, -0.2) is 31.1 Å². The molecule has 8 heteroatoms. The molecule has 0 saturated heterocycles. The van der Waals surface area contributed by atoms with Crippen molar-refractivity contribution in [2.45, 2.75) is 46.1 Å². The molecule has 1 amide bonds. The number of aryl methyl sites for hydroxylation is 1. The van der Waals surface area contributed by atoms with Crippen LogP contribution in [0.15, 0.2) is 15.9 Å². The summed E-state index contributed by atoms with van der Waals surface area (Å²) in [5.74, 6) is 0.308. The summed E-state index contributed by atoms with van der Waals surface area (Å²) in [4.78, 5) is 40.7. The van der Waals surface area contributed by atoms with E-state index in [9.17, 15) is 14.4 Å². The number of amides is 1. The van der Waals surface area contributed by atoms with E-state index in [-0.39, 0.29) is 23.6 Å². The molecular weight excluding hydrogens is 322 g/mol. The molecule has 2 aromatic heterocycles. The molecule has 2 heterocycles. The SMILES string of the molecule is CCCCC(CC)CNC(=O)Cn1cnc2c1c(=O)n(C)c(=O)n2C. The van der Waals surface area contributed by atoms with Gasteiger partial charge in [0, 0.05) is 20.6 Å². The fourth-order valence-electron chi connectivity index (χ4n) is 2.93. The van der Waals surface area contributed by atoms with E-state index >= 15 is 0 Å². The molecule has 0 aliphatic rings. The molecule has 0 aliphatic heterocycles. The zero-order valence-corrected chi connectivity index (χ0v) is 15.4. The molecule has 8 nitrogen and oxygen atoms in total. The number of hydrogen-bond donors (Lipinski definition) is 1. The van der Waals surface area contributed by atoms with Crippen LogP contribution in [0.5, 0.6) is 0 Å². The van der Waals surface area contributed by atoms with Gasteiger partial charge in [0.05, 0.1) is 6.33 Å². The molecule has 138 valence electrons. The van der Waals surface area contributed by atoms with Crippen LogP contribution in [0, 0.1) is 5.92 Å². The molecule has 25 heavy (non-hydrogen) atoms. The van der Waals surface area contributed by atoms with Crippen molar-refractivity contribution in [2.75, 3.05) is 6.54 Å². The Morgan fingerprint density at radius 3 is 2.60 bits per heavy atom. The largest absolute Gasteiger partial charge is 0.354 e. The van der Waals surface area contributed by atoms with Gasteiger partial charge in [0.1, 0.15) is 6.54 Å². The van der Waals surface area contributed by atoms with Gasteiger partial charge in [-0.1, -0.05) is 33.1 Å².